The van der Waals surface area contributed by atoms with E-state index in [0.717, 1.165) is 22.4 Å². The van der Waals surface area contributed by atoms with Gasteiger partial charge in [-0.15, -0.1) is 10.2 Å². The molecule has 5 rings (SSSR count). The molecular formula is C27H27N5O3S. The predicted octanol–water partition coefficient (Wildman–Crippen LogP) is 5.08. The number of carbonyl (C=O) groups is 1. The van der Waals surface area contributed by atoms with E-state index in [1.54, 1.807) is 6.07 Å². The lowest BCUT2D eigenvalue weighted by Gasteiger charge is -2.19. The predicted molar refractivity (Wildman–Crippen MR) is 141 cm³/mol. The summed E-state index contributed by atoms with van der Waals surface area (Å²) in [5.74, 6) is 2.63. The van der Waals surface area contributed by atoms with Gasteiger partial charge < -0.3 is 20.1 Å². The third-order valence-corrected chi connectivity index (χ3v) is 6.50. The zero-order valence-electron chi connectivity index (χ0n) is 19.9. The molecule has 2 N–H and O–H groups in total. The van der Waals surface area contributed by atoms with Gasteiger partial charge in [0.25, 0.3) is 0 Å². The maximum atomic E-state index is 12.6. The molecular weight excluding hydrogens is 474 g/mol. The fraction of sp³-hybridized carbons (Fsp3) is 0.222. The normalized spacial score (nSPS) is 12.2. The van der Waals surface area contributed by atoms with Crippen LogP contribution in [0.25, 0.3) is 5.69 Å². The Bertz CT molecular complexity index is 1340. The lowest BCUT2D eigenvalue weighted by atomic mass is 10.2. The molecule has 3 aromatic carbocycles. The number of para-hydroxylation sites is 1. The van der Waals surface area contributed by atoms with Crippen LogP contribution in [0.5, 0.6) is 11.5 Å². The molecule has 184 valence electrons. The first-order chi connectivity index (χ1) is 17.7. The highest BCUT2D eigenvalue weighted by atomic mass is 32.2. The van der Waals surface area contributed by atoms with Crippen LogP contribution in [-0.4, -0.2) is 39.6 Å². The molecule has 9 heteroatoms. The number of benzene rings is 3. The van der Waals surface area contributed by atoms with Crippen LogP contribution in [0.3, 0.4) is 0 Å². The van der Waals surface area contributed by atoms with E-state index in [1.807, 2.05) is 59.2 Å². The lowest BCUT2D eigenvalue weighted by Crippen LogP contribution is -2.16. The fourth-order valence-corrected chi connectivity index (χ4v) is 4.77. The van der Waals surface area contributed by atoms with Crippen LogP contribution in [0.4, 0.5) is 11.4 Å². The number of thioether (sulfide) groups is 1. The summed E-state index contributed by atoms with van der Waals surface area (Å²) in [7, 11) is 0. The topological polar surface area (TPSA) is 90.3 Å². The second-order valence-corrected chi connectivity index (χ2v) is 9.36. The Morgan fingerprint density at radius 2 is 1.78 bits per heavy atom. The quantitative estimate of drug-likeness (QED) is 0.309. The molecule has 0 radical (unpaired) electrons. The number of aromatic nitrogens is 3. The van der Waals surface area contributed by atoms with Gasteiger partial charge in [-0.3, -0.25) is 9.36 Å². The van der Waals surface area contributed by atoms with E-state index in [2.05, 4.69) is 39.9 Å². The average molecular weight is 502 g/mol. The molecule has 1 aromatic heterocycles. The second kappa shape index (κ2) is 11.2. The van der Waals surface area contributed by atoms with Gasteiger partial charge in [0.05, 0.1) is 6.54 Å². The fourth-order valence-electron chi connectivity index (χ4n) is 3.86. The SMILES string of the molecule is Cc1cccc(NCc2nnc(SCCC(=O)Nc3ccc4c(c3)OCCO4)n2-c2ccccc2)c1. The van der Waals surface area contributed by atoms with E-state index >= 15 is 0 Å². The molecule has 4 aromatic rings. The summed E-state index contributed by atoms with van der Waals surface area (Å²) in [6.07, 6.45) is 0.331. The highest BCUT2D eigenvalue weighted by Gasteiger charge is 2.16. The number of amides is 1. The van der Waals surface area contributed by atoms with Gasteiger partial charge in [0, 0.05) is 35.3 Å². The van der Waals surface area contributed by atoms with Crippen molar-refractivity contribution in [2.75, 3.05) is 29.6 Å². The molecule has 1 aliphatic heterocycles. The first kappa shape index (κ1) is 23.7. The molecule has 0 bridgehead atoms. The van der Waals surface area contributed by atoms with E-state index in [4.69, 9.17) is 9.47 Å². The summed E-state index contributed by atoms with van der Waals surface area (Å²) in [6, 6.07) is 23.7. The van der Waals surface area contributed by atoms with Crippen LogP contribution >= 0.6 is 11.8 Å². The summed E-state index contributed by atoms with van der Waals surface area (Å²) >= 11 is 1.50. The molecule has 0 saturated carbocycles. The van der Waals surface area contributed by atoms with Crippen molar-refractivity contribution in [2.24, 2.45) is 0 Å². The van der Waals surface area contributed by atoms with E-state index in [-0.39, 0.29) is 5.91 Å². The van der Waals surface area contributed by atoms with Crippen molar-refractivity contribution in [3.8, 4) is 17.2 Å². The Morgan fingerprint density at radius 1 is 0.944 bits per heavy atom. The van der Waals surface area contributed by atoms with Crippen LogP contribution < -0.4 is 20.1 Å². The summed E-state index contributed by atoms with van der Waals surface area (Å²) in [4.78, 5) is 12.6. The minimum Gasteiger partial charge on any atom is -0.486 e. The standard InChI is InChI=1S/C27H27N5O3S/c1-19-6-5-7-20(16-19)28-18-25-30-31-27(32(25)22-8-3-2-4-9-22)36-15-12-26(33)29-21-10-11-23-24(17-21)35-14-13-34-23/h2-11,16-17,28H,12-15,18H2,1H3,(H,29,33). The molecule has 0 saturated heterocycles. The third kappa shape index (κ3) is 5.80. The molecule has 1 aliphatic rings. The minimum atomic E-state index is -0.0775. The number of fused-ring (bicyclic) bond motifs is 1. The van der Waals surface area contributed by atoms with Crippen LogP contribution in [-0.2, 0) is 11.3 Å². The van der Waals surface area contributed by atoms with Gasteiger partial charge in [0.1, 0.15) is 13.2 Å². The number of anilines is 2. The van der Waals surface area contributed by atoms with Crippen molar-refractivity contribution in [1.82, 2.24) is 14.8 Å². The summed E-state index contributed by atoms with van der Waals surface area (Å²) in [5.41, 5.74) is 3.89. The van der Waals surface area contributed by atoms with Crippen molar-refractivity contribution in [3.05, 3.63) is 84.2 Å². The Kier molecular flexibility index (Phi) is 7.37. The van der Waals surface area contributed by atoms with Crippen LogP contribution in [0.1, 0.15) is 17.8 Å². The molecule has 2 heterocycles. The van der Waals surface area contributed by atoms with Gasteiger partial charge in [0.15, 0.2) is 22.5 Å². The Hall–Kier alpha value is -3.98. The number of nitrogens with zero attached hydrogens (tertiary/aromatic N) is 3. The summed E-state index contributed by atoms with van der Waals surface area (Å²) < 4.78 is 13.2. The number of nitrogens with one attached hydrogen (secondary N) is 2. The number of ether oxygens (including phenoxy) is 2. The maximum absolute atomic E-state index is 12.6. The number of rotatable bonds is 9. The minimum absolute atomic E-state index is 0.0775. The van der Waals surface area contributed by atoms with Crippen molar-refractivity contribution in [2.45, 2.75) is 25.0 Å². The van der Waals surface area contributed by atoms with Crippen molar-refractivity contribution in [3.63, 3.8) is 0 Å². The van der Waals surface area contributed by atoms with Gasteiger partial charge >= 0.3 is 0 Å². The Morgan fingerprint density at radius 3 is 2.61 bits per heavy atom. The first-order valence-electron chi connectivity index (χ1n) is 11.8. The van der Waals surface area contributed by atoms with E-state index in [0.29, 0.717) is 49.1 Å². The number of hydrogen-bond acceptors (Lipinski definition) is 7. The van der Waals surface area contributed by atoms with Crippen LogP contribution in [0.15, 0.2) is 78.0 Å². The van der Waals surface area contributed by atoms with Gasteiger partial charge in [-0.05, 0) is 48.9 Å². The maximum Gasteiger partial charge on any atom is 0.225 e. The van der Waals surface area contributed by atoms with Gasteiger partial charge in [-0.2, -0.15) is 0 Å². The highest BCUT2D eigenvalue weighted by molar-refractivity contribution is 7.99. The van der Waals surface area contributed by atoms with Crippen LogP contribution in [0, 0.1) is 6.92 Å². The summed E-state index contributed by atoms with van der Waals surface area (Å²) in [5, 5.41) is 16.0. The zero-order chi connectivity index (χ0) is 24.7. The number of carbonyl (C=O) groups excluding carboxylic acids is 1. The molecule has 0 fully saturated rings. The average Bonchev–Trinajstić information content (AvgIpc) is 3.30. The largest absolute Gasteiger partial charge is 0.486 e. The van der Waals surface area contributed by atoms with E-state index in [9.17, 15) is 4.79 Å². The Labute approximate surface area is 214 Å². The molecule has 1 amide bonds. The first-order valence-corrected chi connectivity index (χ1v) is 12.8. The molecule has 8 nitrogen and oxygen atoms in total. The lowest BCUT2D eigenvalue weighted by molar-refractivity contribution is -0.115. The van der Waals surface area contributed by atoms with Crippen molar-refractivity contribution in [1.29, 1.82) is 0 Å². The van der Waals surface area contributed by atoms with Crippen LogP contribution in [0.2, 0.25) is 0 Å². The second-order valence-electron chi connectivity index (χ2n) is 8.30. The number of aryl methyl sites for hydroxylation is 1. The summed E-state index contributed by atoms with van der Waals surface area (Å²) in [6.45, 7) is 3.63. The van der Waals surface area contributed by atoms with Crippen molar-refractivity contribution >= 4 is 29.0 Å². The smallest absolute Gasteiger partial charge is 0.225 e. The van der Waals surface area contributed by atoms with Gasteiger partial charge in [0.2, 0.25) is 5.91 Å². The molecule has 0 spiro atoms. The monoisotopic (exact) mass is 501 g/mol. The third-order valence-electron chi connectivity index (χ3n) is 5.57. The van der Waals surface area contributed by atoms with Gasteiger partial charge in [-0.1, -0.05) is 42.1 Å². The molecule has 0 unspecified atom stereocenters. The van der Waals surface area contributed by atoms with Crippen molar-refractivity contribution < 1.29 is 14.3 Å². The molecule has 0 aliphatic carbocycles. The zero-order valence-corrected chi connectivity index (χ0v) is 20.8. The molecule has 36 heavy (non-hydrogen) atoms. The number of hydrogen-bond donors (Lipinski definition) is 2. The Balaban J connectivity index is 1.23. The molecule has 0 atom stereocenters. The highest BCUT2D eigenvalue weighted by Crippen LogP contribution is 2.32. The van der Waals surface area contributed by atoms with E-state index in [1.165, 1.54) is 17.3 Å². The van der Waals surface area contributed by atoms with E-state index < -0.39 is 0 Å². The van der Waals surface area contributed by atoms with Gasteiger partial charge in [-0.25, -0.2) is 0 Å².